The molecule has 0 aliphatic heterocycles. The molecule has 0 bridgehead atoms. The molecule has 0 amide bonds. The van der Waals surface area contributed by atoms with Crippen molar-refractivity contribution in [2.24, 2.45) is 0 Å². The van der Waals surface area contributed by atoms with Crippen LogP contribution in [0.15, 0.2) is 18.2 Å². The SMILES string of the molecule is CCC[CH2][Sn]([CH2]CCC)([CH2]CCC)[c]1nn(CCC(C)O)c2cc(F)ccc12. The summed E-state index contributed by atoms with van der Waals surface area (Å²) in [6.07, 6.45) is 7.81. The van der Waals surface area contributed by atoms with Crippen LogP contribution in [0.4, 0.5) is 4.39 Å². The van der Waals surface area contributed by atoms with Crippen LogP contribution >= 0.6 is 0 Å². The Morgan fingerprint density at radius 1 is 1.04 bits per heavy atom. The number of rotatable bonds is 13. The van der Waals surface area contributed by atoms with Gasteiger partial charge in [-0.1, -0.05) is 0 Å². The van der Waals surface area contributed by atoms with Crippen molar-refractivity contribution < 1.29 is 9.50 Å². The number of aryl methyl sites for hydroxylation is 1. The van der Waals surface area contributed by atoms with Gasteiger partial charge in [0.1, 0.15) is 0 Å². The van der Waals surface area contributed by atoms with Crippen LogP contribution in [-0.4, -0.2) is 39.4 Å². The van der Waals surface area contributed by atoms with Crippen LogP contribution in [-0.2, 0) is 6.54 Å². The number of hydrogen-bond donors (Lipinski definition) is 1. The van der Waals surface area contributed by atoms with Gasteiger partial charge < -0.3 is 0 Å². The number of unbranched alkanes of at least 4 members (excludes halogenated alkanes) is 3. The molecule has 1 atom stereocenters. The van der Waals surface area contributed by atoms with Gasteiger partial charge in [-0.3, -0.25) is 0 Å². The Kier molecular flexibility index (Phi) is 9.75. The zero-order valence-corrected chi connectivity index (χ0v) is 21.2. The number of benzene rings is 1. The van der Waals surface area contributed by atoms with Crippen LogP contribution in [0.3, 0.4) is 0 Å². The number of fused-ring (bicyclic) bond motifs is 1. The Bertz CT molecular complexity index is 707. The van der Waals surface area contributed by atoms with Crippen molar-refractivity contribution in [2.75, 3.05) is 0 Å². The number of halogens is 1. The fraction of sp³-hybridized carbons (Fsp3) is 0.696. The molecule has 1 aromatic carbocycles. The Labute approximate surface area is 174 Å². The quantitative estimate of drug-likeness (QED) is 0.345. The van der Waals surface area contributed by atoms with Crippen molar-refractivity contribution >= 4 is 33.0 Å². The van der Waals surface area contributed by atoms with Gasteiger partial charge in [0.25, 0.3) is 0 Å². The van der Waals surface area contributed by atoms with E-state index in [1.807, 2.05) is 10.7 Å². The van der Waals surface area contributed by atoms with Gasteiger partial charge in [-0.15, -0.1) is 0 Å². The molecule has 1 N–H and O–H groups in total. The summed E-state index contributed by atoms with van der Waals surface area (Å²) in [5, 5.41) is 16.1. The maximum absolute atomic E-state index is 14.1. The summed E-state index contributed by atoms with van der Waals surface area (Å²) in [5.41, 5.74) is 0.918. The zero-order chi connectivity index (χ0) is 20.6. The molecule has 1 aromatic heterocycles. The summed E-state index contributed by atoms with van der Waals surface area (Å²) < 4.78 is 21.5. The third-order valence-corrected chi connectivity index (χ3v) is 21.1. The van der Waals surface area contributed by atoms with Gasteiger partial charge >= 0.3 is 175 Å². The van der Waals surface area contributed by atoms with Crippen LogP contribution < -0.4 is 3.71 Å². The normalized spacial score (nSPS) is 13.4. The van der Waals surface area contributed by atoms with Gasteiger partial charge in [-0.2, -0.15) is 0 Å². The standard InChI is InChI=1S/C11H12FN2O.3C4H9.Sn/c1-8(15)4-5-14-11-6-10(12)3-2-9(11)7-13-14;3*1-3-4-2;/h2-3,6,8,15H,4-5H2,1H3;3*1,3-4H2,2H3;. The molecule has 0 radical (unpaired) electrons. The molecule has 0 saturated heterocycles. The fourth-order valence-corrected chi connectivity index (χ4v) is 20.5. The van der Waals surface area contributed by atoms with Crippen molar-refractivity contribution in [3.63, 3.8) is 0 Å². The van der Waals surface area contributed by atoms with Crippen molar-refractivity contribution in [1.82, 2.24) is 9.78 Å². The van der Waals surface area contributed by atoms with E-state index in [4.69, 9.17) is 5.10 Å². The monoisotopic (exact) mass is 498 g/mol. The van der Waals surface area contributed by atoms with E-state index < -0.39 is 18.4 Å². The van der Waals surface area contributed by atoms with Gasteiger partial charge in [0.05, 0.1) is 0 Å². The summed E-state index contributed by atoms with van der Waals surface area (Å²) in [6, 6.07) is 5.22. The first-order chi connectivity index (χ1) is 13.5. The van der Waals surface area contributed by atoms with E-state index in [0.717, 1.165) is 5.52 Å². The van der Waals surface area contributed by atoms with Gasteiger partial charge in [0.2, 0.25) is 0 Å². The Balaban J connectivity index is 2.58. The van der Waals surface area contributed by atoms with E-state index >= 15 is 0 Å². The molecule has 0 aliphatic rings. The minimum absolute atomic E-state index is 0.200. The second kappa shape index (κ2) is 11.5. The topological polar surface area (TPSA) is 38.0 Å². The summed E-state index contributed by atoms with van der Waals surface area (Å²) in [6.45, 7) is 9.30. The Morgan fingerprint density at radius 2 is 1.61 bits per heavy atom. The molecular formula is C23H39FN2OSn. The number of aliphatic hydroxyl groups is 1. The first-order valence-corrected chi connectivity index (χ1v) is 18.8. The molecule has 28 heavy (non-hydrogen) atoms. The van der Waals surface area contributed by atoms with E-state index in [9.17, 15) is 9.50 Å². The molecule has 0 aliphatic carbocycles. The number of nitrogens with zero attached hydrogens (tertiary/aromatic N) is 2. The maximum atomic E-state index is 14.1. The van der Waals surface area contributed by atoms with E-state index in [1.165, 1.54) is 60.9 Å². The molecule has 2 aromatic rings. The van der Waals surface area contributed by atoms with Crippen molar-refractivity contribution in [2.45, 2.75) is 98.6 Å². The van der Waals surface area contributed by atoms with Gasteiger partial charge in [-0.05, 0) is 0 Å². The van der Waals surface area contributed by atoms with Gasteiger partial charge in [0, 0.05) is 0 Å². The summed E-state index contributed by atoms with van der Waals surface area (Å²) in [4.78, 5) is 0. The van der Waals surface area contributed by atoms with E-state index in [2.05, 4.69) is 20.8 Å². The molecule has 3 nitrogen and oxygen atoms in total. The predicted octanol–water partition coefficient (Wildman–Crippen LogP) is 6.00. The first-order valence-electron chi connectivity index (χ1n) is 11.3. The molecule has 0 fully saturated rings. The van der Waals surface area contributed by atoms with E-state index in [-0.39, 0.29) is 11.9 Å². The Morgan fingerprint density at radius 3 is 2.11 bits per heavy atom. The van der Waals surface area contributed by atoms with Crippen LogP contribution in [0.2, 0.25) is 13.3 Å². The van der Waals surface area contributed by atoms with Gasteiger partial charge in [0.15, 0.2) is 0 Å². The second-order valence-electron chi connectivity index (χ2n) is 8.46. The summed E-state index contributed by atoms with van der Waals surface area (Å²) in [5.74, 6) is -0.200. The van der Waals surface area contributed by atoms with Crippen molar-refractivity contribution in [3.05, 3.63) is 24.0 Å². The fourth-order valence-electron chi connectivity index (χ4n) is 4.29. The molecule has 0 saturated carbocycles. The minimum atomic E-state index is -2.71. The van der Waals surface area contributed by atoms with Crippen LogP contribution in [0, 0.1) is 5.82 Å². The third-order valence-electron chi connectivity index (χ3n) is 6.00. The molecule has 2 rings (SSSR count). The zero-order valence-electron chi connectivity index (χ0n) is 18.3. The average molecular weight is 497 g/mol. The third kappa shape index (κ3) is 5.94. The molecule has 5 heteroatoms. The van der Waals surface area contributed by atoms with Crippen LogP contribution in [0.5, 0.6) is 0 Å². The second-order valence-corrected chi connectivity index (χ2v) is 21.4. The predicted molar refractivity (Wildman–Crippen MR) is 121 cm³/mol. The first kappa shape index (κ1) is 23.7. The Hall–Kier alpha value is -0.621. The molecule has 1 heterocycles. The number of hydrogen-bond acceptors (Lipinski definition) is 2. The van der Waals surface area contributed by atoms with Crippen molar-refractivity contribution in [3.8, 4) is 0 Å². The molecule has 0 spiro atoms. The molecular weight excluding hydrogens is 458 g/mol. The van der Waals surface area contributed by atoms with Crippen LogP contribution in [0.25, 0.3) is 10.9 Å². The van der Waals surface area contributed by atoms with Crippen molar-refractivity contribution in [1.29, 1.82) is 0 Å². The summed E-state index contributed by atoms with van der Waals surface area (Å²) >= 11 is -2.71. The molecule has 158 valence electrons. The number of aromatic nitrogens is 2. The number of aliphatic hydroxyl groups excluding tert-OH is 1. The van der Waals surface area contributed by atoms with E-state index in [1.54, 1.807) is 19.1 Å². The average Bonchev–Trinajstić information content (AvgIpc) is 3.04. The molecule has 1 unspecified atom stereocenters. The summed E-state index contributed by atoms with van der Waals surface area (Å²) in [7, 11) is 0. The van der Waals surface area contributed by atoms with Crippen LogP contribution in [0.1, 0.15) is 72.6 Å². The van der Waals surface area contributed by atoms with Gasteiger partial charge in [-0.25, -0.2) is 0 Å². The van der Waals surface area contributed by atoms with E-state index in [0.29, 0.717) is 13.0 Å².